The molecule has 1 aliphatic heterocycles. The number of hydrogen-bond acceptors (Lipinski definition) is 4. The lowest BCUT2D eigenvalue weighted by Gasteiger charge is -2.48. The van der Waals surface area contributed by atoms with Crippen LogP contribution in [0.15, 0.2) is 12.1 Å². The topological polar surface area (TPSA) is 76.7 Å². The molecule has 3 rings (SSSR count). The summed E-state index contributed by atoms with van der Waals surface area (Å²) in [6.07, 6.45) is 5.02. The molecule has 2 aliphatic rings. The summed E-state index contributed by atoms with van der Waals surface area (Å²) in [6, 6.07) is 3.69. The zero-order valence-electron chi connectivity index (χ0n) is 20.8. The Morgan fingerprint density at radius 3 is 2.52 bits per heavy atom. The van der Waals surface area contributed by atoms with Crippen LogP contribution in [0.4, 0.5) is 4.79 Å². The normalized spacial score (nSPS) is 24.0. The lowest BCUT2D eigenvalue weighted by Crippen LogP contribution is -2.53. The third-order valence-electron chi connectivity index (χ3n) is 7.18. The van der Waals surface area contributed by atoms with Crippen molar-refractivity contribution in [1.29, 1.82) is 0 Å². The zero-order valence-corrected chi connectivity index (χ0v) is 21.6. The molecule has 184 valence electrons. The quantitative estimate of drug-likeness (QED) is 0.534. The van der Waals surface area contributed by atoms with Gasteiger partial charge in [0.25, 0.3) is 5.91 Å². The Morgan fingerprint density at radius 2 is 1.94 bits per heavy atom. The second-order valence-electron chi connectivity index (χ2n) is 10.8. The maximum atomic E-state index is 12.5. The number of carbonyl (C=O) groups excluding carboxylic acids is 2. The minimum atomic E-state index is -0.520. The van der Waals surface area contributed by atoms with Gasteiger partial charge in [-0.15, -0.1) is 0 Å². The Hall–Kier alpha value is -1.95. The van der Waals surface area contributed by atoms with Crippen molar-refractivity contribution in [3.05, 3.63) is 28.3 Å². The highest BCUT2D eigenvalue weighted by Gasteiger charge is 2.45. The van der Waals surface area contributed by atoms with Crippen molar-refractivity contribution in [3.63, 3.8) is 0 Å². The predicted molar refractivity (Wildman–Crippen MR) is 131 cm³/mol. The van der Waals surface area contributed by atoms with Crippen molar-refractivity contribution in [1.82, 2.24) is 10.6 Å². The van der Waals surface area contributed by atoms with Crippen LogP contribution in [0.2, 0.25) is 5.02 Å². The van der Waals surface area contributed by atoms with Gasteiger partial charge in [-0.1, -0.05) is 32.4 Å². The van der Waals surface area contributed by atoms with E-state index in [4.69, 9.17) is 21.1 Å². The average Bonchev–Trinajstić information content (AvgIpc) is 2.72. The predicted octanol–water partition coefficient (Wildman–Crippen LogP) is 5.89. The van der Waals surface area contributed by atoms with E-state index >= 15 is 0 Å². The molecule has 1 saturated carbocycles. The van der Waals surface area contributed by atoms with Gasteiger partial charge in [-0.05, 0) is 88.3 Å². The number of benzene rings is 1. The summed E-state index contributed by atoms with van der Waals surface area (Å²) in [4.78, 5) is 24.6. The van der Waals surface area contributed by atoms with Crippen LogP contribution in [-0.4, -0.2) is 36.3 Å². The summed E-state index contributed by atoms with van der Waals surface area (Å²) >= 11 is 6.47. The van der Waals surface area contributed by atoms with Gasteiger partial charge in [0.1, 0.15) is 11.4 Å². The number of fused-ring (bicyclic) bond motifs is 1. The van der Waals surface area contributed by atoms with Crippen molar-refractivity contribution < 1.29 is 19.1 Å². The Morgan fingerprint density at radius 1 is 1.27 bits per heavy atom. The molecule has 0 bridgehead atoms. The SMILES string of the molecule is CCC(NC(=O)OC(C)(C)C)C1(C(C)C)CCC(Oc2cc3c(cc2Cl)C(=O)NCC3)CC1. The molecule has 1 fully saturated rings. The number of rotatable bonds is 6. The molecule has 1 aromatic carbocycles. The van der Waals surface area contributed by atoms with Gasteiger partial charge in [-0.3, -0.25) is 4.79 Å². The van der Waals surface area contributed by atoms with Crippen LogP contribution in [-0.2, 0) is 11.2 Å². The van der Waals surface area contributed by atoms with Crippen LogP contribution in [0.3, 0.4) is 0 Å². The molecule has 0 spiro atoms. The molecule has 1 heterocycles. The second kappa shape index (κ2) is 10.1. The second-order valence-corrected chi connectivity index (χ2v) is 11.2. The van der Waals surface area contributed by atoms with E-state index in [1.165, 1.54) is 0 Å². The van der Waals surface area contributed by atoms with Crippen LogP contribution in [0.25, 0.3) is 0 Å². The number of hydrogen-bond donors (Lipinski definition) is 2. The highest BCUT2D eigenvalue weighted by Crippen LogP contribution is 2.47. The van der Waals surface area contributed by atoms with E-state index in [0.29, 0.717) is 28.8 Å². The Kier molecular flexibility index (Phi) is 7.87. The summed E-state index contributed by atoms with van der Waals surface area (Å²) in [7, 11) is 0. The molecule has 0 saturated heterocycles. The maximum absolute atomic E-state index is 12.5. The molecular formula is C26H39ClN2O4. The van der Waals surface area contributed by atoms with E-state index < -0.39 is 5.60 Å². The van der Waals surface area contributed by atoms with Gasteiger partial charge in [0.2, 0.25) is 0 Å². The third-order valence-corrected chi connectivity index (χ3v) is 7.48. The first-order valence-corrected chi connectivity index (χ1v) is 12.6. The number of halogens is 1. The van der Waals surface area contributed by atoms with Gasteiger partial charge >= 0.3 is 6.09 Å². The van der Waals surface area contributed by atoms with Crippen molar-refractivity contribution >= 4 is 23.6 Å². The van der Waals surface area contributed by atoms with Gasteiger partial charge in [-0.25, -0.2) is 4.79 Å². The van der Waals surface area contributed by atoms with Crippen LogP contribution in [0.1, 0.15) is 89.6 Å². The standard InChI is InChI=1S/C26H39ClN2O4/c1-7-22(29-24(31)33-25(4,5)6)26(16(2)3)11-8-18(9-12-26)32-21-14-17-10-13-28-23(30)19(17)15-20(21)27/h14-16,18,22H,7-13H2,1-6H3,(H,28,30)(H,29,31). The van der Waals surface area contributed by atoms with Crippen LogP contribution in [0, 0.1) is 11.3 Å². The van der Waals surface area contributed by atoms with Crippen molar-refractivity contribution in [2.24, 2.45) is 11.3 Å². The van der Waals surface area contributed by atoms with E-state index in [2.05, 4.69) is 31.4 Å². The zero-order chi connectivity index (χ0) is 24.4. The Balaban J connectivity index is 1.69. The smallest absolute Gasteiger partial charge is 0.407 e. The lowest BCUT2D eigenvalue weighted by molar-refractivity contribution is 0.00438. The molecule has 2 N–H and O–H groups in total. The summed E-state index contributed by atoms with van der Waals surface area (Å²) < 4.78 is 11.9. The van der Waals surface area contributed by atoms with Gasteiger partial charge < -0.3 is 20.1 Å². The van der Waals surface area contributed by atoms with Crippen LogP contribution < -0.4 is 15.4 Å². The monoisotopic (exact) mass is 478 g/mol. The average molecular weight is 479 g/mol. The van der Waals surface area contributed by atoms with Crippen LogP contribution in [0.5, 0.6) is 5.75 Å². The van der Waals surface area contributed by atoms with E-state index in [1.54, 1.807) is 6.07 Å². The maximum Gasteiger partial charge on any atom is 0.407 e. The molecule has 0 aromatic heterocycles. The van der Waals surface area contributed by atoms with Crippen molar-refractivity contribution in [2.75, 3.05) is 6.54 Å². The summed E-state index contributed by atoms with van der Waals surface area (Å²) in [6.45, 7) is 12.9. The number of nitrogens with one attached hydrogen (secondary N) is 2. The minimum Gasteiger partial charge on any atom is -0.489 e. The lowest BCUT2D eigenvalue weighted by atomic mass is 9.61. The summed E-state index contributed by atoms with van der Waals surface area (Å²) in [5.74, 6) is 0.988. The van der Waals surface area contributed by atoms with E-state index in [0.717, 1.165) is 44.1 Å². The van der Waals surface area contributed by atoms with E-state index in [1.807, 2.05) is 26.8 Å². The van der Waals surface area contributed by atoms with Gasteiger partial charge in [0.05, 0.1) is 11.1 Å². The minimum absolute atomic E-state index is 0.0107. The molecular weight excluding hydrogens is 440 g/mol. The van der Waals surface area contributed by atoms with Gasteiger partial charge in [0, 0.05) is 18.2 Å². The summed E-state index contributed by atoms with van der Waals surface area (Å²) in [5, 5.41) is 6.49. The largest absolute Gasteiger partial charge is 0.489 e. The molecule has 1 aromatic rings. The fourth-order valence-electron chi connectivity index (χ4n) is 5.37. The first-order chi connectivity index (χ1) is 15.4. The third kappa shape index (κ3) is 5.95. The Bertz CT molecular complexity index is 870. The fourth-order valence-corrected chi connectivity index (χ4v) is 5.57. The molecule has 1 aliphatic carbocycles. The Labute approximate surface area is 203 Å². The number of alkyl carbamates (subject to hydrolysis) is 1. The highest BCUT2D eigenvalue weighted by molar-refractivity contribution is 6.32. The molecule has 1 unspecified atom stereocenters. The van der Waals surface area contributed by atoms with Crippen molar-refractivity contribution in [3.8, 4) is 5.75 Å². The van der Waals surface area contributed by atoms with Crippen LogP contribution >= 0.6 is 11.6 Å². The van der Waals surface area contributed by atoms with E-state index in [9.17, 15) is 9.59 Å². The first-order valence-electron chi connectivity index (χ1n) is 12.2. The number of amides is 2. The molecule has 33 heavy (non-hydrogen) atoms. The fraction of sp³-hybridized carbons (Fsp3) is 0.692. The number of carbonyl (C=O) groups is 2. The van der Waals surface area contributed by atoms with Gasteiger partial charge in [-0.2, -0.15) is 0 Å². The molecule has 1 atom stereocenters. The molecule has 6 nitrogen and oxygen atoms in total. The number of ether oxygens (including phenoxy) is 2. The first kappa shape index (κ1) is 25.7. The molecule has 0 radical (unpaired) electrons. The van der Waals surface area contributed by atoms with Gasteiger partial charge in [0.15, 0.2) is 0 Å². The molecule has 7 heteroatoms. The van der Waals surface area contributed by atoms with Crippen molar-refractivity contribution in [2.45, 2.75) is 97.8 Å². The highest BCUT2D eigenvalue weighted by atomic mass is 35.5. The molecule has 2 amide bonds. The van der Waals surface area contributed by atoms with E-state index in [-0.39, 0.29) is 29.6 Å². The summed E-state index contributed by atoms with van der Waals surface area (Å²) in [5.41, 5.74) is 1.09.